The Labute approximate surface area is 117 Å². The number of nitrogens with zero attached hydrogens (tertiary/aromatic N) is 1. The third-order valence-corrected chi connectivity index (χ3v) is 3.60. The van der Waals surface area contributed by atoms with Crippen LogP contribution in [0, 0.1) is 17.2 Å². The highest BCUT2D eigenvalue weighted by Gasteiger charge is 2.21. The van der Waals surface area contributed by atoms with Crippen LogP contribution in [0.5, 0.6) is 0 Å². The molecule has 2 unspecified atom stereocenters. The number of nitrogens with one attached hydrogen (secondary N) is 1. The van der Waals surface area contributed by atoms with Crippen molar-refractivity contribution in [1.82, 2.24) is 5.32 Å². The van der Waals surface area contributed by atoms with E-state index in [1.807, 2.05) is 6.92 Å². The monoisotopic (exact) mass is 268 g/mol. The van der Waals surface area contributed by atoms with Crippen molar-refractivity contribution in [2.75, 3.05) is 33.0 Å². The van der Waals surface area contributed by atoms with E-state index in [0.29, 0.717) is 5.92 Å². The standard InChI is InChI=1S/C15H28N2O2/c1-3-8-17-15(2,13-16)7-4-5-9-18-11-14-6-10-19-12-14/h14,17H,3-12H2,1-2H3. The van der Waals surface area contributed by atoms with Gasteiger partial charge in [0.05, 0.1) is 19.3 Å². The fourth-order valence-corrected chi connectivity index (χ4v) is 2.23. The maximum atomic E-state index is 9.20. The second-order valence-electron chi connectivity index (χ2n) is 5.63. The highest BCUT2D eigenvalue weighted by Crippen LogP contribution is 2.14. The van der Waals surface area contributed by atoms with Crippen LogP contribution in [0.15, 0.2) is 0 Å². The molecular formula is C15H28N2O2. The summed E-state index contributed by atoms with van der Waals surface area (Å²) in [4.78, 5) is 0. The molecule has 1 heterocycles. The van der Waals surface area contributed by atoms with Gasteiger partial charge in [-0.1, -0.05) is 6.92 Å². The van der Waals surface area contributed by atoms with Crippen molar-refractivity contribution in [2.45, 2.75) is 51.5 Å². The van der Waals surface area contributed by atoms with E-state index >= 15 is 0 Å². The molecule has 0 radical (unpaired) electrons. The Kier molecular flexibility index (Phi) is 8.04. The molecule has 2 atom stereocenters. The molecule has 0 aromatic rings. The van der Waals surface area contributed by atoms with Gasteiger partial charge in [0.25, 0.3) is 0 Å². The van der Waals surface area contributed by atoms with Crippen LogP contribution in [0.3, 0.4) is 0 Å². The lowest BCUT2D eigenvalue weighted by Crippen LogP contribution is -2.41. The van der Waals surface area contributed by atoms with Crippen molar-refractivity contribution in [3.8, 4) is 6.07 Å². The highest BCUT2D eigenvalue weighted by atomic mass is 16.5. The maximum Gasteiger partial charge on any atom is 0.103 e. The first-order chi connectivity index (χ1) is 9.20. The van der Waals surface area contributed by atoms with E-state index in [0.717, 1.165) is 65.1 Å². The van der Waals surface area contributed by atoms with Crippen molar-refractivity contribution >= 4 is 0 Å². The van der Waals surface area contributed by atoms with Crippen LogP contribution in [0.2, 0.25) is 0 Å². The molecule has 0 aliphatic carbocycles. The van der Waals surface area contributed by atoms with Crippen molar-refractivity contribution in [1.29, 1.82) is 5.26 Å². The second-order valence-corrected chi connectivity index (χ2v) is 5.63. The maximum absolute atomic E-state index is 9.20. The summed E-state index contributed by atoms with van der Waals surface area (Å²) in [6, 6.07) is 2.38. The Hall–Kier alpha value is -0.630. The molecule has 19 heavy (non-hydrogen) atoms. The molecule has 110 valence electrons. The Morgan fingerprint density at radius 3 is 2.95 bits per heavy atom. The summed E-state index contributed by atoms with van der Waals surface area (Å²) in [5.41, 5.74) is -0.380. The van der Waals surface area contributed by atoms with Crippen LogP contribution in [-0.2, 0) is 9.47 Å². The van der Waals surface area contributed by atoms with Crippen LogP contribution in [-0.4, -0.2) is 38.5 Å². The molecule has 0 aromatic heterocycles. The Morgan fingerprint density at radius 2 is 2.32 bits per heavy atom. The van der Waals surface area contributed by atoms with Gasteiger partial charge in [-0.15, -0.1) is 0 Å². The molecule has 4 nitrogen and oxygen atoms in total. The Morgan fingerprint density at radius 1 is 1.47 bits per heavy atom. The van der Waals surface area contributed by atoms with E-state index < -0.39 is 0 Å². The number of hydrogen-bond donors (Lipinski definition) is 1. The largest absolute Gasteiger partial charge is 0.381 e. The number of ether oxygens (including phenoxy) is 2. The summed E-state index contributed by atoms with van der Waals surface area (Å²) in [5.74, 6) is 0.593. The third kappa shape index (κ3) is 6.91. The van der Waals surface area contributed by atoms with E-state index in [9.17, 15) is 5.26 Å². The van der Waals surface area contributed by atoms with E-state index in [2.05, 4.69) is 18.3 Å². The normalized spacial score (nSPS) is 22.1. The molecule has 1 N–H and O–H groups in total. The molecule has 1 fully saturated rings. The average Bonchev–Trinajstić information content (AvgIpc) is 2.93. The lowest BCUT2D eigenvalue weighted by molar-refractivity contribution is 0.0865. The number of nitriles is 1. The van der Waals surface area contributed by atoms with Gasteiger partial charge in [0.15, 0.2) is 0 Å². The van der Waals surface area contributed by atoms with Gasteiger partial charge in [0.1, 0.15) is 5.54 Å². The zero-order valence-corrected chi connectivity index (χ0v) is 12.4. The molecule has 1 aliphatic rings. The number of hydrogen-bond acceptors (Lipinski definition) is 4. The lowest BCUT2D eigenvalue weighted by atomic mass is 9.96. The second kappa shape index (κ2) is 9.30. The molecule has 1 rings (SSSR count). The van der Waals surface area contributed by atoms with E-state index in [1.54, 1.807) is 0 Å². The van der Waals surface area contributed by atoms with Crippen LogP contribution in [0.25, 0.3) is 0 Å². The minimum absolute atomic E-state index is 0.380. The molecule has 0 amide bonds. The number of unbranched alkanes of at least 4 members (excludes halogenated alkanes) is 1. The molecule has 0 bridgehead atoms. The molecular weight excluding hydrogens is 240 g/mol. The molecule has 1 aliphatic heterocycles. The fraction of sp³-hybridized carbons (Fsp3) is 0.933. The van der Waals surface area contributed by atoms with Gasteiger partial charge in [-0.2, -0.15) is 5.26 Å². The van der Waals surface area contributed by atoms with E-state index in [1.165, 1.54) is 0 Å². The van der Waals surface area contributed by atoms with Gasteiger partial charge in [-0.3, -0.25) is 5.32 Å². The first kappa shape index (κ1) is 16.4. The first-order valence-corrected chi connectivity index (χ1v) is 7.52. The predicted octanol–water partition coefficient (Wildman–Crippen LogP) is 2.49. The van der Waals surface area contributed by atoms with Crippen molar-refractivity contribution in [2.24, 2.45) is 5.92 Å². The van der Waals surface area contributed by atoms with Gasteiger partial charge in [-0.25, -0.2) is 0 Å². The minimum Gasteiger partial charge on any atom is -0.381 e. The quantitative estimate of drug-likeness (QED) is 0.618. The smallest absolute Gasteiger partial charge is 0.103 e. The molecule has 1 saturated heterocycles. The SMILES string of the molecule is CCCNC(C)(C#N)CCCCOCC1CCOC1. The Bertz CT molecular complexity index is 272. The number of rotatable bonds is 10. The molecule has 0 saturated carbocycles. The Balaban J connectivity index is 2.00. The van der Waals surface area contributed by atoms with Crippen LogP contribution in [0.1, 0.15) is 46.0 Å². The topological polar surface area (TPSA) is 54.3 Å². The van der Waals surface area contributed by atoms with Crippen molar-refractivity contribution < 1.29 is 9.47 Å². The highest BCUT2D eigenvalue weighted by molar-refractivity contribution is 5.03. The first-order valence-electron chi connectivity index (χ1n) is 7.52. The van der Waals surface area contributed by atoms with E-state index in [4.69, 9.17) is 9.47 Å². The average molecular weight is 268 g/mol. The molecule has 0 spiro atoms. The zero-order valence-electron chi connectivity index (χ0n) is 12.4. The molecule has 0 aromatic carbocycles. The summed E-state index contributed by atoms with van der Waals surface area (Å²) in [5, 5.41) is 12.5. The summed E-state index contributed by atoms with van der Waals surface area (Å²) in [7, 11) is 0. The zero-order chi connectivity index (χ0) is 14.0. The van der Waals surface area contributed by atoms with Crippen LogP contribution >= 0.6 is 0 Å². The van der Waals surface area contributed by atoms with Crippen molar-refractivity contribution in [3.63, 3.8) is 0 Å². The summed E-state index contributed by atoms with van der Waals surface area (Å²) in [6.07, 6.45) is 5.14. The van der Waals surface area contributed by atoms with Crippen LogP contribution in [0.4, 0.5) is 0 Å². The third-order valence-electron chi connectivity index (χ3n) is 3.60. The lowest BCUT2D eigenvalue weighted by Gasteiger charge is -2.23. The van der Waals surface area contributed by atoms with Crippen molar-refractivity contribution in [3.05, 3.63) is 0 Å². The van der Waals surface area contributed by atoms with Gasteiger partial charge >= 0.3 is 0 Å². The van der Waals surface area contributed by atoms with Gasteiger partial charge in [0, 0.05) is 19.1 Å². The fourth-order valence-electron chi connectivity index (χ4n) is 2.23. The van der Waals surface area contributed by atoms with Gasteiger partial charge in [0.2, 0.25) is 0 Å². The minimum atomic E-state index is -0.380. The predicted molar refractivity (Wildman–Crippen MR) is 75.9 cm³/mol. The van der Waals surface area contributed by atoms with Gasteiger partial charge in [-0.05, 0) is 45.6 Å². The molecule has 4 heteroatoms. The van der Waals surface area contributed by atoms with Gasteiger partial charge < -0.3 is 9.47 Å². The summed E-state index contributed by atoms with van der Waals surface area (Å²) in [6.45, 7) is 8.37. The summed E-state index contributed by atoms with van der Waals surface area (Å²) < 4.78 is 11.0. The summed E-state index contributed by atoms with van der Waals surface area (Å²) >= 11 is 0. The van der Waals surface area contributed by atoms with E-state index in [-0.39, 0.29) is 5.54 Å². The van der Waals surface area contributed by atoms with Crippen LogP contribution < -0.4 is 5.32 Å².